The van der Waals surface area contributed by atoms with Crippen LogP contribution in [-0.2, 0) is 9.53 Å². The summed E-state index contributed by atoms with van der Waals surface area (Å²) in [4.78, 5) is 12.4. The third-order valence-electron chi connectivity index (χ3n) is 1.65. The molecule has 0 spiro atoms. The molecule has 0 aliphatic carbocycles. The summed E-state index contributed by atoms with van der Waals surface area (Å²) in [5, 5.41) is 0. The Balaban J connectivity index is -0.000000208. The number of hydrogen-bond donors (Lipinski definition) is 0. The summed E-state index contributed by atoms with van der Waals surface area (Å²) in [5.74, 6) is -0.278. The van der Waals surface area contributed by atoms with E-state index in [1.54, 1.807) is 25.9 Å². The van der Waals surface area contributed by atoms with Crippen molar-refractivity contribution in [2.24, 2.45) is 0 Å². The second-order valence-corrected chi connectivity index (χ2v) is 3.22. The first-order valence-corrected chi connectivity index (χ1v) is 4.43. The largest absolute Gasteiger partial charge is 1.00 e. The molecule has 0 fully saturated rings. The first kappa shape index (κ1) is 21.0. The van der Waals surface area contributed by atoms with E-state index in [-0.39, 0.29) is 57.4 Å². The van der Waals surface area contributed by atoms with Crippen molar-refractivity contribution >= 4 is 5.97 Å². The molecule has 84 valence electrons. The van der Waals surface area contributed by atoms with Gasteiger partial charge in [-0.2, -0.15) is 13.8 Å². The zero-order valence-corrected chi connectivity index (χ0v) is 14.4. The van der Waals surface area contributed by atoms with Crippen molar-refractivity contribution in [3.63, 3.8) is 0 Å². The van der Waals surface area contributed by atoms with Crippen LogP contribution in [0, 0.1) is 12.1 Å². The van der Waals surface area contributed by atoms with E-state index in [4.69, 9.17) is 0 Å². The number of carbonyl (C=O) groups excluding carboxylic acids is 1. The number of methoxy groups -OCH3 is 1. The number of hydrogen-bond acceptors (Lipinski definition) is 3. The van der Waals surface area contributed by atoms with Crippen LogP contribution in [0.1, 0.15) is 27.7 Å². The van der Waals surface area contributed by atoms with E-state index in [9.17, 15) is 4.79 Å². The smallest absolute Gasteiger partial charge is 0.501 e. The predicted octanol–water partition coefficient (Wildman–Crippen LogP) is -0.947. The van der Waals surface area contributed by atoms with Gasteiger partial charge >= 0.3 is 51.4 Å². The summed E-state index contributed by atoms with van der Waals surface area (Å²) in [7, 11) is 4.97. The molecule has 0 atom stereocenters. The van der Waals surface area contributed by atoms with Gasteiger partial charge < -0.3 is 15.7 Å². The Morgan fingerprint density at radius 1 is 1.33 bits per heavy atom. The van der Waals surface area contributed by atoms with Crippen LogP contribution >= 0.6 is 0 Å². The maximum Gasteiger partial charge on any atom is 1.00 e. The van der Waals surface area contributed by atoms with Gasteiger partial charge in [0.15, 0.2) is 5.97 Å². The van der Waals surface area contributed by atoms with E-state index in [0.717, 1.165) is 0 Å². The minimum absolute atomic E-state index is 0. The van der Waals surface area contributed by atoms with Crippen molar-refractivity contribution in [1.29, 1.82) is 0 Å². The van der Waals surface area contributed by atoms with Crippen LogP contribution in [0.3, 0.4) is 0 Å². The fraction of sp³-hybridized carbons (Fsp3) is 0.636. The molecule has 0 unspecified atom stereocenters. The Morgan fingerprint density at radius 2 is 1.67 bits per heavy atom. The standard InChI is InChI=1S/C6H12NO2.C5H9.K/c1-5(7(2)3)6(8)9-4;1-4-5(2)3;/h1-4H3;1-3H3;/q2*-1;+1. The van der Waals surface area contributed by atoms with Gasteiger partial charge in [-0.25, -0.2) is 6.04 Å². The van der Waals surface area contributed by atoms with Crippen molar-refractivity contribution in [2.75, 3.05) is 21.2 Å². The topological polar surface area (TPSA) is 29.5 Å². The summed E-state index contributed by atoms with van der Waals surface area (Å²) in [6.07, 6.45) is 2.94. The van der Waals surface area contributed by atoms with Gasteiger partial charge in [-0.05, 0) is 14.1 Å². The van der Waals surface area contributed by atoms with Crippen LogP contribution in [0.25, 0.3) is 0 Å². The zero-order valence-electron chi connectivity index (χ0n) is 11.3. The zero-order chi connectivity index (χ0) is 11.7. The quantitative estimate of drug-likeness (QED) is 0.353. The van der Waals surface area contributed by atoms with E-state index < -0.39 is 0 Å². The third kappa shape index (κ3) is 14.7. The molecule has 15 heavy (non-hydrogen) atoms. The molecule has 0 saturated heterocycles. The molecule has 0 aromatic carbocycles. The van der Waals surface area contributed by atoms with Gasteiger partial charge in [0, 0.05) is 0 Å². The Labute approximate surface area is 137 Å². The van der Waals surface area contributed by atoms with Crippen molar-refractivity contribution in [3.05, 3.63) is 17.7 Å². The van der Waals surface area contributed by atoms with Gasteiger partial charge in [0.25, 0.3) is 0 Å². The van der Waals surface area contributed by atoms with Gasteiger partial charge in [0.05, 0.1) is 7.11 Å². The molecule has 0 N–H and O–H groups in total. The Bertz CT molecular complexity index is 187. The van der Waals surface area contributed by atoms with Gasteiger partial charge in [0.1, 0.15) is 0 Å². The number of likely N-dealkylation sites (N-methyl/N-ethyl adjacent to an activating group) is 1. The molecule has 0 saturated carbocycles. The average molecular weight is 238 g/mol. The van der Waals surface area contributed by atoms with Crippen molar-refractivity contribution in [1.82, 2.24) is 4.90 Å². The van der Waals surface area contributed by atoms with Crippen LogP contribution in [0.2, 0.25) is 0 Å². The summed E-state index contributed by atoms with van der Waals surface area (Å²) < 4.78 is 4.46. The number of ether oxygens (including phenoxy) is 1. The molecule has 0 heterocycles. The summed E-state index contributed by atoms with van der Waals surface area (Å²) in [6.45, 7) is 7.68. The molecule has 0 aliphatic heterocycles. The van der Waals surface area contributed by atoms with Gasteiger partial charge in [-0.15, -0.1) is 0 Å². The van der Waals surface area contributed by atoms with Gasteiger partial charge in [-0.3, -0.25) is 10.4 Å². The molecule has 0 amide bonds. The average Bonchev–Trinajstić information content (AvgIpc) is 2.16. The van der Waals surface area contributed by atoms with E-state index >= 15 is 0 Å². The molecule has 0 bridgehead atoms. The van der Waals surface area contributed by atoms with Crippen molar-refractivity contribution in [3.8, 4) is 0 Å². The van der Waals surface area contributed by atoms with E-state index in [0.29, 0.717) is 6.04 Å². The number of allylic oxidation sites excluding steroid dienone is 2. The monoisotopic (exact) mass is 238 g/mol. The number of rotatable bonds is 2. The minimum Gasteiger partial charge on any atom is -0.501 e. The summed E-state index contributed by atoms with van der Waals surface area (Å²) in [5.41, 5.74) is 1.25. The maximum absolute atomic E-state index is 10.7. The summed E-state index contributed by atoms with van der Waals surface area (Å²) >= 11 is 0. The molecule has 0 aromatic rings. The second kappa shape index (κ2) is 12.7. The van der Waals surface area contributed by atoms with Crippen LogP contribution in [0.4, 0.5) is 0 Å². The first-order valence-electron chi connectivity index (χ1n) is 4.43. The van der Waals surface area contributed by atoms with Crippen molar-refractivity contribution in [2.45, 2.75) is 27.7 Å². The molecule has 0 rings (SSSR count). The van der Waals surface area contributed by atoms with E-state index in [1.165, 1.54) is 12.7 Å². The van der Waals surface area contributed by atoms with Crippen LogP contribution in [0.5, 0.6) is 0 Å². The molecule has 4 heteroatoms. The van der Waals surface area contributed by atoms with Crippen LogP contribution in [-0.4, -0.2) is 32.1 Å². The predicted molar refractivity (Wildman–Crippen MR) is 58.4 cm³/mol. The normalized spacial score (nSPS) is 8.00. The fourth-order valence-corrected chi connectivity index (χ4v) is 0.330. The summed E-state index contributed by atoms with van der Waals surface area (Å²) in [6, 6.07) is 0.609. The first-order chi connectivity index (χ1) is 6.36. The fourth-order valence-electron chi connectivity index (χ4n) is 0.330. The molecular weight excluding hydrogens is 217 g/mol. The SMILES string of the molecule is COC(=O)[C-](C)N(C)C.C[C-]=C(C)C.[K+]. The van der Waals surface area contributed by atoms with E-state index in [2.05, 4.69) is 10.8 Å². The molecule has 0 aromatic heterocycles. The third-order valence-corrected chi connectivity index (χ3v) is 1.65. The molecular formula is C11H21KNO2-. The maximum atomic E-state index is 10.7. The number of nitrogens with zero attached hydrogens (tertiary/aromatic N) is 1. The van der Waals surface area contributed by atoms with Crippen LogP contribution < -0.4 is 51.4 Å². The van der Waals surface area contributed by atoms with Gasteiger partial charge in [-0.1, -0.05) is 13.8 Å². The molecule has 0 aliphatic rings. The Morgan fingerprint density at radius 3 is 1.73 bits per heavy atom. The molecule has 0 radical (unpaired) electrons. The van der Waals surface area contributed by atoms with Crippen LogP contribution in [0.15, 0.2) is 5.57 Å². The number of esters is 1. The second-order valence-electron chi connectivity index (χ2n) is 3.22. The van der Waals surface area contributed by atoms with Gasteiger partial charge in [0.2, 0.25) is 0 Å². The van der Waals surface area contributed by atoms with E-state index in [1.807, 2.05) is 20.8 Å². The number of carbonyl (C=O) groups is 1. The Hall–Kier alpha value is 0.676. The Kier molecular flexibility index (Phi) is 17.9. The molecule has 3 nitrogen and oxygen atoms in total. The van der Waals surface area contributed by atoms with Crippen molar-refractivity contribution < 1.29 is 60.9 Å². The minimum atomic E-state index is -0.278.